The van der Waals surface area contributed by atoms with Crippen molar-refractivity contribution in [3.63, 3.8) is 0 Å². The van der Waals surface area contributed by atoms with Crippen LogP contribution in [0.2, 0.25) is 0 Å². The lowest BCUT2D eigenvalue weighted by Crippen LogP contribution is -2.47. The van der Waals surface area contributed by atoms with E-state index in [1.807, 2.05) is 11.0 Å². The molecular formula is C19H28N2O3. The average Bonchev–Trinajstić information content (AvgIpc) is 2.65. The highest BCUT2D eigenvalue weighted by atomic mass is 16.5. The van der Waals surface area contributed by atoms with E-state index in [1.54, 1.807) is 7.11 Å². The summed E-state index contributed by atoms with van der Waals surface area (Å²) in [4.78, 5) is 14.3. The van der Waals surface area contributed by atoms with Gasteiger partial charge in [0.25, 0.3) is 0 Å². The van der Waals surface area contributed by atoms with E-state index in [4.69, 9.17) is 4.74 Å². The van der Waals surface area contributed by atoms with Gasteiger partial charge in [-0.25, -0.2) is 4.79 Å². The Bertz CT molecular complexity index is 576. The number of nitrogens with zero attached hydrogens (tertiary/aromatic N) is 1. The van der Waals surface area contributed by atoms with Crippen LogP contribution in [0.3, 0.4) is 0 Å². The molecule has 1 aromatic carbocycles. The summed E-state index contributed by atoms with van der Waals surface area (Å²) in [7, 11) is 1.69. The molecule has 0 aromatic heterocycles. The van der Waals surface area contributed by atoms with Gasteiger partial charge in [0, 0.05) is 32.2 Å². The minimum Gasteiger partial charge on any atom is -0.497 e. The zero-order valence-electron chi connectivity index (χ0n) is 14.5. The van der Waals surface area contributed by atoms with Crippen molar-refractivity contribution in [2.75, 3.05) is 33.4 Å². The van der Waals surface area contributed by atoms with E-state index in [0.717, 1.165) is 44.4 Å². The number of rotatable bonds is 4. The molecule has 1 aliphatic carbocycles. The van der Waals surface area contributed by atoms with Gasteiger partial charge in [-0.15, -0.1) is 0 Å². The molecule has 2 aliphatic rings. The van der Waals surface area contributed by atoms with Crippen LogP contribution >= 0.6 is 0 Å². The fourth-order valence-corrected chi connectivity index (χ4v) is 3.95. The van der Waals surface area contributed by atoms with Gasteiger partial charge < -0.3 is 20.1 Å². The number of benzene rings is 1. The number of ether oxygens (including phenoxy) is 1. The molecule has 0 spiro atoms. The number of aliphatic hydroxyl groups is 1. The minimum atomic E-state index is 0.00813. The number of aliphatic hydroxyl groups excluding tert-OH is 1. The van der Waals surface area contributed by atoms with E-state index < -0.39 is 0 Å². The van der Waals surface area contributed by atoms with Gasteiger partial charge in [0.15, 0.2) is 0 Å². The monoisotopic (exact) mass is 332 g/mol. The van der Waals surface area contributed by atoms with Gasteiger partial charge in [0.1, 0.15) is 5.75 Å². The SMILES string of the molecule is COc1ccc2c(c1)CCCC2CNC(=O)N1CCCC(CO)C1. The second-order valence-electron chi connectivity index (χ2n) is 6.98. The number of amides is 2. The van der Waals surface area contributed by atoms with Crippen molar-refractivity contribution < 1.29 is 14.6 Å². The summed E-state index contributed by atoms with van der Waals surface area (Å²) in [6.07, 6.45) is 5.33. The smallest absolute Gasteiger partial charge is 0.317 e. The Morgan fingerprint density at radius 2 is 2.25 bits per heavy atom. The summed E-state index contributed by atoms with van der Waals surface area (Å²) >= 11 is 0. The van der Waals surface area contributed by atoms with Crippen molar-refractivity contribution in [1.29, 1.82) is 0 Å². The highest BCUT2D eigenvalue weighted by molar-refractivity contribution is 5.74. The van der Waals surface area contributed by atoms with Gasteiger partial charge in [0.2, 0.25) is 0 Å². The fourth-order valence-electron chi connectivity index (χ4n) is 3.95. The lowest BCUT2D eigenvalue weighted by Gasteiger charge is -2.33. The molecule has 0 bridgehead atoms. The highest BCUT2D eigenvalue weighted by Gasteiger charge is 2.25. The Morgan fingerprint density at radius 3 is 3.04 bits per heavy atom. The molecule has 2 amide bonds. The number of nitrogens with one attached hydrogen (secondary N) is 1. The van der Waals surface area contributed by atoms with Gasteiger partial charge >= 0.3 is 6.03 Å². The van der Waals surface area contributed by atoms with Crippen LogP contribution in [-0.2, 0) is 6.42 Å². The molecule has 24 heavy (non-hydrogen) atoms. The Kier molecular flexibility index (Phi) is 5.61. The summed E-state index contributed by atoms with van der Waals surface area (Å²) in [6.45, 7) is 2.31. The predicted octanol–water partition coefficient (Wildman–Crippen LogP) is 2.53. The van der Waals surface area contributed by atoms with Gasteiger partial charge in [-0.05, 0) is 61.3 Å². The standard InChI is InChI=1S/C19H28N2O3/c1-24-17-7-8-18-15(10-17)5-2-6-16(18)11-20-19(23)21-9-3-4-14(12-21)13-22/h7-8,10,14,16,22H,2-6,9,11-13H2,1H3,(H,20,23). The van der Waals surface area contributed by atoms with Crippen molar-refractivity contribution >= 4 is 6.03 Å². The molecule has 2 atom stereocenters. The van der Waals surface area contributed by atoms with E-state index in [2.05, 4.69) is 17.4 Å². The molecule has 5 nitrogen and oxygen atoms in total. The maximum absolute atomic E-state index is 12.4. The normalized spacial score (nSPS) is 23.5. The summed E-state index contributed by atoms with van der Waals surface area (Å²) in [5.41, 5.74) is 2.69. The summed E-state index contributed by atoms with van der Waals surface area (Å²) in [5, 5.41) is 12.4. The van der Waals surface area contributed by atoms with Crippen molar-refractivity contribution in [2.45, 2.75) is 38.0 Å². The van der Waals surface area contributed by atoms with Gasteiger partial charge in [-0.1, -0.05) is 6.07 Å². The van der Waals surface area contributed by atoms with E-state index in [9.17, 15) is 9.90 Å². The fraction of sp³-hybridized carbons (Fsp3) is 0.632. The molecule has 1 heterocycles. The van der Waals surface area contributed by atoms with Crippen LogP contribution < -0.4 is 10.1 Å². The summed E-state index contributed by atoms with van der Waals surface area (Å²) in [6, 6.07) is 6.29. The van der Waals surface area contributed by atoms with E-state index in [0.29, 0.717) is 19.0 Å². The molecule has 1 aromatic rings. The zero-order chi connectivity index (χ0) is 16.9. The summed E-state index contributed by atoms with van der Waals surface area (Å²) < 4.78 is 5.32. The number of carbonyl (C=O) groups is 1. The van der Waals surface area contributed by atoms with Crippen LogP contribution in [0.15, 0.2) is 18.2 Å². The first-order valence-electron chi connectivity index (χ1n) is 9.01. The van der Waals surface area contributed by atoms with Crippen LogP contribution in [-0.4, -0.2) is 49.4 Å². The molecule has 1 fully saturated rings. The molecular weight excluding hydrogens is 304 g/mol. The maximum Gasteiger partial charge on any atom is 0.317 e. The first-order chi connectivity index (χ1) is 11.7. The number of hydrogen-bond acceptors (Lipinski definition) is 3. The van der Waals surface area contributed by atoms with E-state index >= 15 is 0 Å². The predicted molar refractivity (Wildman–Crippen MR) is 93.5 cm³/mol. The van der Waals surface area contributed by atoms with Crippen LogP contribution in [0.25, 0.3) is 0 Å². The molecule has 0 saturated carbocycles. The van der Waals surface area contributed by atoms with E-state index in [1.165, 1.54) is 11.1 Å². The number of urea groups is 1. The molecule has 1 aliphatic heterocycles. The van der Waals surface area contributed by atoms with Crippen LogP contribution in [0, 0.1) is 5.92 Å². The maximum atomic E-state index is 12.4. The van der Waals surface area contributed by atoms with Crippen LogP contribution in [0.1, 0.15) is 42.7 Å². The Morgan fingerprint density at radius 1 is 1.38 bits per heavy atom. The first kappa shape index (κ1) is 17.1. The van der Waals surface area contributed by atoms with Crippen LogP contribution in [0.4, 0.5) is 4.79 Å². The number of piperidine rings is 1. The number of hydrogen-bond donors (Lipinski definition) is 2. The van der Waals surface area contributed by atoms with E-state index in [-0.39, 0.29) is 18.6 Å². The van der Waals surface area contributed by atoms with Gasteiger partial charge in [0.05, 0.1) is 7.11 Å². The second-order valence-corrected chi connectivity index (χ2v) is 6.98. The third-order valence-corrected chi connectivity index (χ3v) is 5.35. The van der Waals surface area contributed by atoms with Crippen molar-refractivity contribution in [3.05, 3.63) is 29.3 Å². The number of fused-ring (bicyclic) bond motifs is 1. The molecule has 1 saturated heterocycles. The summed E-state index contributed by atoms with van der Waals surface area (Å²) in [5.74, 6) is 1.51. The van der Waals surface area contributed by atoms with Gasteiger partial charge in [-0.3, -0.25) is 0 Å². The number of methoxy groups -OCH3 is 1. The average molecular weight is 332 g/mol. The molecule has 3 rings (SSSR count). The van der Waals surface area contributed by atoms with Crippen LogP contribution in [0.5, 0.6) is 5.75 Å². The Labute approximate surface area is 144 Å². The molecule has 132 valence electrons. The number of likely N-dealkylation sites (tertiary alicyclic amines) is 1. The number of carbonyl (C=O) groups excluding carboxylic acids is 1. The zero-order valence-corrected chi connectivity index (χ0v) is 14.5. The largest absolute Gasteiger partial charge is 0.497 e. The molecule has 2 N–H and O–H groups in total. The lowest BCUT2D eigenvalue weighted by molar-refractivity contribution is 0.129. The minimum absolute atomic E-state index is 0.00813. The third-order valence-electron chi connectivity index (χ3n) is 5.35. The highest BCUT2D eigenvalue weighted by Crippen LogP contribution is 2.33. The quantitative estimate of drug-likeness (QED) is 0.891. The lowest BCUT2D eigenvalue weighted by atomic mass is 9.82. The first-order valence-corrected chi connectivity index (χ1v) is 9.01. The molecule has 2 unspecified atom stereocenters. The molecule has 0 radical (unpaired) electrons. The number of aryl methyl sites for hydroxylation is 1. The van der Waals surface area contributed by atoms with Gasteiger partial charge in [-0.2, -0.15) is 0 Å². The van der Waals surface area contributed by atoms with Crippen molar-refractivity contribution in [2.24, 2.45) is 5.92 Å². The van der Waals surface area contributed by atoms with Crippen molar-refractivity contribution in [3.8, 4) is 5.75 Å². The van der Waals surface area contributed by atoms with Crippen molar-refractivity contribution in [1.82, 2.24) is 10.2 Å². The third kappa shape index (κ3) is 3.83. The Balaban J connectivity index is 1.58. The topological polar surface area (TPSA) is 61.8 Å². The Hall–Kier alpha value is -1.75. The second kappa shape index (κ2) is 7.88. The molecule has 5 heteroatoms.